The van der Waals surface area contributed by atoms with E-state index in [0.29, 0.717) is 6.61 Å². The molecule has 1 aromatic heterocycles. The molecule has 80 valence electrons. The van der Waals surface area contributed by atoms with Gasteiger partial charge in [-0.3, -0.25) is 0 Å². The van der Waals surface area contributed by atoms with E-state index in [1.54, 1.807) is 6.92 Å². The van der Waals surface area contributed by atoms with Crippen LogP contribution in [0.3, 0.4) is 0 Å². The fourth-order valence-electron chi connectivity index (χ4n) is 0.791. The largest absolute Gasteiger partial charge is 0.464 e. The Morgan fingerprint density at radius 3 is 2.67 bits per heavy atom. The van der Waals surface area contributed by atoms with Crippen LogP contribution in [-0.4, -0.2) is 27.7 Å². The number of terminal acetylenes is 1. The molecule has 0 spiro atoms. The predicted molar refractivity (Wildman–Crippen MR) is 54.3 cm³/mol. The van der Waals surface area contributed by atoms with Crippen LogP contribution >= 0.6 is 0 Å². The zero-order chi connectivity index (χ0) is 11.3. The van der Waals surface area contributed by atoms with E-state index in [4.69, 9.17) is 21.6 Å². The molecule has 1 heterocycles. The van der Waals surface area contributed by atoms with Crippen molar-refractivity contribution in [3.8, 4) is 24.4 Å². The summed E-state index contributed by atoms with van der Waals surface area (Å²) in [4.78, 5) is 11.4. The molecular formula is C9H12N4O2. The van der Waals surface area contributed by atoms with Crippen LogP contribution in [0, 0.1) is 12.3 Å². The molecule has 2 N–H and O–H groups in total. The van der Waals surface area contributed by atoms with E-state index in [1.165, 1.54) is 0 Å². The summed E-state index contributed by atoms with van der Waals surface area (Å²) in [5, 5.41) is 0. The standard InChI is InChI=1S/C9H12N4O2/c1-4-6(3)15-9-12-7(10)11-8(13-9)14-5-2/h1,6H,5H2,2-3H3,(H2,10,11,12,13). The maximum Gasteiger partial charge on any atom is 0.325 e. The normalized spacial score (nSPS) is 11.5. The summed E-state index contributed by atoms with van der Waals surface area (Å²) in [6, 6.07) is 0.195. The lowest BCUT2D eigenvalue weighted by Crippen LogP contribution is -2.13. The number of hydrogen-bond donors (Lipinski definition) is 1. The van der Waals surface area contributed by atoms with Gasteiger partial charge in [0.1, 0.15) is 0 Å². The van der Waals surface area contributed by atoms with Gasteiger partial charge in [0.25, 0.3) is 0 Å². The first-order chi connectivity index (χ1) is 7.15. The van der Waals surface area contributed by atoms with Crippen LogP contribution in [0.2, 0.25) is 0 Å². The van der Waals surface area contributed by atoms with Crippen molar-refractivity contribution in [1.82, 2.24) is 15.0 Å². The topological polar surface area (TPSA) is 83.2 Å². The molecule has 1 atom stereocenters. The summed E-state index contributed by atoms with van der Waals surface area (Å²) >= 11 is 0. The number of aromatic nitrogens is 3. The molecule has 0 amide bonds. The predicted octanol–water partition coefficient (Wildman–Crippen LogP) is 0.253. The number of hydrogen-bond acceptors (Lipinski definition) is 6. The number of nitrogens with zero attached hydrogens (tertiary/aromatic N) is 3. The van der Waals surface area contributed by atoms with Gasteiger partial charge in [-0.1, -0.05) is 5.92 Å². The van der Waals surface area contributed by atoms with Crippen molar-refractivity contribution in [2.45, 2.75) is 20.0 Å². The Morgan fingerprint density at radius 1 is 1.40 bits per heavy atom. The smallest absolute Gasteiger partial charge is 0.325 e. The Balaban J connectivity index is 2.84. The number of rotatable bonds is 4. The van der Waals surface area contributed by atoms with Gasteiger partial charge in [-0.05, 0) is 13.8 Å². The van der Waals surface area contributed by atoms with Gasteiger partial charge in [0.15, 0.2) is 6.10 Å². The highest BCUT2D eigenvalue weighted by Crippen LogP contribution is 2.11. The first-order valence-electron chi connectivity index (χ1n) is 4.42. The minimum atomic E-state index is -0.429. The van der Waals surface area contributed by atoms with E-state index in [9.17, 15) is 0 Å². The van der Waals surface area contributed by atoms with E-state index in [2.05, 4.69) is 20.9 Å². The van der Waals surface area contributed by atoms with Gasteiger partial charge in [0, 0.05) is 0 Å². The van der Waals surface area contributed by atoms with Crippen LogP contribution < -0.4 is 15.2 Å². The van der Waals surface area contributed by atoms with Crippen LogP contribution in [0.25, 0.3) is 0 Å². The second kappa shape index (κ2) is 5.00. The Morgan fingerprint density at radius 2 is 2.07 bits per heavy atom. The van der Waals surface area contributed by atoms with Gasteiger partial charge in [-0.15, -0.1) is 11.4 Å². The Bertz CT molecular complexity index is 375. The van der Waals surface area contributed by atoms with E-state index < -0.39 is 6.10 Å². The average Bonchev–Trinajstić information content (AvgIpc) is 2.17. The van der Waals surface area contributed by atoms with E-state index in [1.807, 2.05) is 6.92 Å². The highest BCUT2D eigenvalue weighted by atomic mass is 16.5. The highest BCUT2D eigenvalue weighted by Gasteiger charge is 2.08. The SMILES string of the molecule is C#CC(C)Oc1nc(N)nc(OCC)n1. The number of nitrogen functional groups attached to an aromatic ring is 1. The molecule has 0 aliphatic heterocycles. The molecule has 0 bridgehead atoms. The van der Waals surface area contributed by atoms with Crippen LogP contribution in [-0.2, 0) is 0 Å². The Labute approximate surface area is 87.8 Å². The lowest BCUT2D eigenvalue weighted by atomic mass is 10.4. The molecule has 15 heavy (non-hydrogen) atoms. The van der Waals surface area contributed by atoms with Crippen LogP contribution in [0.5, 0.6) is 12.0 Å². The first kappa shape index (κ1) is 11.0. The van der Waals surface area contributed by atoms with Gasteiger partial charge in [0.05, 0.1) is 6.61 Å². The fourth-order valence-corrected chi connectivity index (χ4v) is 0.791. The van der Waals surface area contributed by atoms with Crippen molar-refractivity contribution in [3.05, 3.63) is 0 Å². The van der Waals surface area contributed by atoms with Gasteiger partial charge >= 0.3 is 12.0 Å². The molecule has 0 radical (unpaired) electrons. The van der Waals surface area contributed by atoms with Crippen LogP contribution in [0.15, 0.2) is 0 Å². The molecule has 1 aromatic rings. The minimum absolute atomic E-state index is 0.0349. The molecule has 1 rings (SSSR count). The molecule has 0 aromatic carbocycles. The molecule has 0 saturated heterocycles. The number of anilines is 1. The maximum atomic E-state index is 5.43. The van der Waals surface area contributed by atoms with Crippen molar-refractivity contribution in [2.75, 3.05) is 12.3 Å². The van der Waals surface area contributed by atoms with Gasteiger partial charge < -0.3 is 15.2 Å². The van der Waals surface area contributed by atoms with Gasteiger partial charge in [-0.2, -0.15) is 9.97 Å². The molecule has 6 heteroatoms. The Kier molecular flexibility index (Phi) is 3.68. The van der Waals surface area contributed by atoms with E-state index >= 15 is 0 Å². The lowest BCUT2D eigenvalue weighted by Gasteiger charge is -2.08. The third-order valence-corrected chi connectivity index (χ3v) is 1.40. The van der Waals surface area contributed by atoms with Crippen molar-refractivity contribution >= 4 is 5.95 Å². The molecule has 0 aliphatic carbocycles. The molecule has 0 aliphatic rings. The zero-order valence-electron chi connectivity index (χ0n) is 8.60. The second-order valence-electron chi connectivity index (χ2n) is 2.62. The first-order valence-corrected chi connectivity index (χ1v) is 4.42. The monoisotopic (exact) mass is 208 g/mol. The third-order valence-electron chi connectivity index (χ3n) is 1.40. The minimum Gasteiger partial charge on any atom is -0.464 e. The van der Waals surface area contributed by atoms with Crippen molar-refractivity contribution < 1.29 is 9.47 Å². The summed E-state index contributed by atoms with van der Waals surface area (Å²) < 4.78 is 10.2. The van der Waals surface area contributed by atoms with Crippen molar-refractivity contribution in [1.29, 1.82) is 0 Å². The zero-order valence-corrected chi connectivity index (χ0v) is 8.60. The molecular weight excluding hydrogens is 196 g/mol. The van der Waals surface area contributed by atoms with E-state index in [-0.39, 0.29) is 18.0 Å². The van der Waals surface area contributed by atoms with Crippen molar-refractivity contribution in [3.63, 3.8) is 0 Å². The molecule has 6 nitrogen and oxygen atoms in total. The molecule has 0 saturated carbocycles. The Hall–Kier alpha value is -2.03. The number of nitrogens with two attached hydrogens (primary N) is 1. The summed E-state index contributed by atoms with van der Waals surface area (Å²) in [7, 11) is 0. The summed E-state index contributed by atoms with van der Waals surface area (Å²) in [5.41, 5.74) is 5.43. The van der Waals surface area contributed by atoms with E-state index in [0.717, 1.165) is 0 Å². The molecule has 1 unspecified atom stereocenters. The summed E-state index contributed by atoms with van der Waals surface area (Å²) in [6.07, 6.45) is 4.72. The highest BCUT2D eigenvalue weighted by molar-refractivity contribution is 5.20. The summed E-state index contributed by atoms with van der Waals surface area (Å²) in [5.74, 6) is 2.41. The van der Waals surface area contributed by atoms with Crippen LogP contribution in [0.1, 0.15) is 13.8 Å². The summed E-state index contributed by atoms with van der Waals surface area (Å²) in [6.45, 7) is 3.94. The fraction of sp³-hybridized carbons (Fsp3) is 0.444. The lowest BCUT2D eigenvalue weighted by molar-refractivity contribution is 0.243. The van der Waals surface area contributed by atoms with Gasteiger partial charge in [0.2, 0.25) is 5.95 Å². The second-order valence-corrected chi connectivity index (χ2v) is 2.62. The average molecular weight is 208 g/mol. The number of ether oxygens (including phenoxy) is 2. The van der Waals surface area contributed by atoms with Gasteiger partial charge in [-0.25, -0.2) is 0 Å². The third kappa shape index (κ3) is 3.31. The maximum absolute atomic E-state index is 5.43. The quantitative estimate of drug-likeness (QED) is 0.714. The van der Waals surface area contributed by atoms with Crippen molar-refractivity contribution in [2.24, 2.45) is 0 Å². The molecule has 0 fully saturated rings. The van der Waals surface area contributed by atoms with Crippen LogP contribution in [0.4, 0.5) is 5.95 Å².